The average molecular weight is 285 g/mol. The molecule has 2 N–H and O–H groups in total. The molecule has 0 unspecified atom stereocenters. The molecule has 0 aliphatic carbocycles. The van der Waals surface area contributed by atoms with Crippen LogP contribution in [0.15, 0.2) is 42.7 Å². The van der Waals surface area contributed by atoms with Crippen molar-refractivity contribution in [2.75, 3.05) is 7.05 Å². The number of H-pyrrole nitrogens is 1. The number of nitrogens with one attached hydrogen (secondary N) is 1. The Bertz CT molecular complexity index is 663. The van der Waals surface area contributed by atoms with E-state index in [0.29, 0.717) is 17.7 Å². The largest absolute Gasteiger partial charge is 0.478 e. The van der Waals surface area contributed by atoms with Crippen molar-refractivity contribution >= 4 is 18.0 Å². The van der Waals surface area contributed by atoms with Gasteiger partial charge in [0.05, 0.1) is 6.20 Å². The molecule has 0 bridgehead atoms. The van der Waals surface area contributed by atoms with E-state index in [-0.39, 0.29) is 5.91 Å². The van der Waals surface area contributed by atoms with Gasteiger partial charge < -0.3 is 10.0 Å². The van der Waals surface area contributed by atoms with Crippen LogP contribution >= 0.6 is 0 Å². The van der Waals surface area contributed by atoms with Gasteiger partial charge in [0.15, 0.2) is 0 Å². The molecular weight excluding hydrogens is 270 g/mol. The third-order valence-electron chi connectivity index (χ3n) is 2.87. The third kappa shape index (κ3) is 4.04. The highest BCUT2D eigenvalue weighted by Gasteiger charge is 2.12. The second-order valence-corrected chi connectivity index (χ2v) is 4.56. The molecule has 2 aromatic rings. The zero-order valence-corrected chi connectivity index (χ0v) is 11.5. The average Bonchev–Trinajstić information content (AvgIpc) is 2.97. The quantitative estimate of drug-likeness (QED) is 0.820. The van der Waals surface area contributed by atoms with Crippen LogP contribution in [0.25, 0.3) is 6.08 Å². The number of carboxylic acid groups (broad SMARTS) is 1. The van der Waals surface area contributed by atoms with Crippen LogP contribution in [0.3, 0.4) is 0 Å². The van der Waals surface area contributed by atoms with Crippen molar-refractivity contribution < 1.29 is 14.7 Å². The van der Waals surface area contributed by atoms with E-state index in [0.717, 1.165) is 11.6 Å². The molecule has 0 aliphatic heterocycles. The molecule has 108 valence electrons. The van der Waals surface area contributed by atoms with E-state index in [4.69, 9.17) is 5.11 Å². The maximum Gasteiger partial charge on any atom is 0.328 e. The SMILES string of the molecule is CN(Cc1cn[nH]c1)C(=O)c1cccc(C=CC(=O)O)c1. The molecular formula is C15H15N3O3. The van der Waals surface area contributed by atoms with E-state index in [9.17, 15) is 9.59 Å². The monoisotopic (exact) mass is 285 g/mol. The minimum absolute atomic E-state index is 0.137. The lowest BCUT2D eigenvalue weighted by Gasteiger charge is -2.16. The van der Waals surface area contributed by atoms with E-state index in [1.165, 1.54) is 6.08 Å². The Labute approximate surface area is 121 Å². The lowest BCUT2D eigenvalue weighted by atomic mass is 10.1. The maximum absolute atomic E-state index is 12.3. The fraction of sp³-hybridized carbons (Fsp3) is 0.133. The Morgan fingerprint density at radius 3 is 2.90 bits per heavy atom. The Hall–Kier alpha value is -2.89. The zero-order valence-electron chi connectivity index (χ0n) is 11.5. The summed E-state index contributed by atoms with van der Waals surface area (Å²) >= 11 is 0. The highest BCUT2D eigenvalue weighted by molar-refractivity contribution is 5.95. The summed E-state index contributed by atoms with van der Waals surface area (Å²) in [6.07, 6.45) is 5.89. The molecule has 21 heavy (non-hydrogen) atoms. The zero-order chi connectivity index (χ0) is 15.2. The Morgan fingerprint density at radius 2 is 2.24 bits per heavy atom. The summed E-state index contributed by atoms with van der Waals surface area (Å²) in [5.41, 5.74) is 2.08. The van der Waals surface area contributed by atoms with Gasteiger partial charge >= 0.3 is 5.97 Å². The molecule has 1 aromatic carbocycles. The fourth-order valence-corrected chi connectivity index (χ4v) is 1.87. The van der Waals surface area contributed by atoms with E-state index in [1.54, 1.807) is 48.6 Å². The van der Waals surface area contributed by atoms with Crippen molar-refractivity contribution in [3.8, 4) is 0 Å². The fourth-order valence-electron chi connectivity index (χ4n) is 1.87. The molecule has 1 heterocycles. The van der Waals surface area contributed by atoms with Crippen molar-refractivity contribution in [3.05, 3.63) is 59.4 Å². The molecule has 6 heteroatoms. The molecule has 0 radical (unpaired) electrons. The van der Waals surface area contributed by atoms with Crippen LogP contribution in [0.5, 0.6) is 0 Å². The summed E-state index contributed by atoms with van der Waals surface area (Å²) in [6.45, 7) is 0.449. The van der Waals surface area contributed by atoms with Gasteiger partial charge in [-0.05, 0) is 23.8 Å². The second kappa shape index (κ2) is 6.51. The Morgan fingerprint density at radius 1 is 1.43 bits per heavy atom. The summed E-state index contributed by atoms with van der Waals surface area (Å²) in [4.78, 5) is 24.4. The van der Waals surface area contributed by atoms with E-state index >= 15 is 0 Å². The minimum Gasteiger partial charge on any atom is -0.478 e. The van der Waals surface area contributed by atoms with Gasteiger partial charge in [-0.25, -0.2) is 4.79 Å². The Kier molecular flexibility index (Phi) is 4.50. The van der Waals surface area contributed by atoms with Gasteiger partial charge in [-0.1, -0.05) is 12.1 Å². The standard InChI is InChI=1S/C15H15N3O3/c1-18(10-12-8-16-17-9-12)15(21)13-4-2-3-11(7-13)5-6-14(19)20/h2-9H,10H2,1H3,(H,16,17)(H,19,20). The van der Waals surface area contributed by atoms with Gasteiger partial charge in [0.2, 0.25) is 0 Å². The molecule has 2 rings (SSSR count). The van der Waals surface area contributed by atoms with E-state index < -0.39 is 5.97 Å². The van der Waals surface area contributed by atoms with Gasteiger partial charge in [-0.15, -0.1) is 0 Å². The van der Waals surface area contributed by atoms with E-state index in [2.05, 4.69) is 10.2 Å². The minimum atomic E-state index is -1.02. The summed E-state index contributed by atoms with van der Waals surface area (Å²) in [5, 5.41) is 15.1. The van der Waals surface area contributed by atoms with Crippen LogP contribution in [0.1, 0.15) is 21.5 Å². The number of carboxylic acids is 1. The molecule has 1 amide bonds. The highest BCUT2D eigenvalue weighted by Crippen LogP contribution is 2.11. The molecule has 1 aromatic heterocycles. The number of carbonyl (C=O) groups excluding carboxylic acids is 1. The number of rotatable bonds is 5. The molecule has 0 spiro atoms. The van der Waals surface area contributed by atoms with Crippen LogP contribution in [-0.2, 0) is 11.3 Å². The molecule has 0 atom stereocenters. The number of carbonyl (C=O) groups is 2. The van der Waals surface area contributed by atoms with Crippen LogP contribution in [0.4, 0.5) is 0 Å². The van der Waals surface area contributed by atoms with Gasteiger partial charge in [0.25, 0.3) is 5.91 Å². The Balaban J connectivity index is 2.11. The first-order valence-electron chi connectivity index (χ1n) is 6.30. The second-order valence-electron chi connectivity index (χ2n) is 4.56. The lowest BCUT2D eigenvalue weighted by molar-refractivity contribution is -0.131. The topological polar surface area (TPSA) is 86.3 Å². The van der Waals surface area contributed by atoms with Crippen LogP contribution in [0.2, 0.25) is 0 Å². The first-order chi connectivity index (χ1) is 10.1. The third-order valence-corrected chi connectivity index (χ3v) is 2.87. The number of hydrogen-bond donors (Lipinski definition) is 2. The maximum atomic E-state index is 12.3. The summed E-state index contributed by atoms with van der Waals surface area (Å²) < 4.78 is 0. The first-order valence-corrected chi connectivity index (χ1v) is 6.30. The number of benzene rings is 1. The number of aliphatic carboxylic acids is 1. The smallest absolute Gasteiger partial charge is 0.328 e. The van der Waals surface area contributed by atoms with Gasteiger partial charge in [-0.3, -0.25) is 9.89 Å². The van der Waals surface area contributed by atoms with Crippen LogP contribution in [-0.4, -0.2) is 39.1 Å². The number of amides is 1. The normalized spacial score (nSPS) is 10.7. The van der Waals surface area contributed by atoms with Crippen molar-refractivity contribution in [3.63, 3.8) is 0 Å². The number of aromatic amines is 1. The van der Waals surface area contributed by atoms with Gasteiger partial charge in [0, 0.05) is 37.0 Å². The summed E-state index contributed by atoms with van der Waals surface area (Å²) in [6, 6.07) is 6.83. The van der Waals surface area contributed by atoms with Gasteiger partial charge in [-0.2, -0.15) is 5.10 Å². The highest BCUT2D eigenvalue weighted by atomic mass is 16.4. The molecule has 0 fully saturated rings. The summed E-state index contributed by atoms with van der Waals surface area (Å²) in [7, 11) is 1.70. The predicted molar refractivity (Wildman–Crippen MR) is 77.5 cm³/mol. The molecule has 0 saturated heterocycles. The summed E-state index contributed by atoms with van der Waals surface area (Å²) in [5.74, 6) is -1.16. The van der Waals surface area contributed by atoms with Crippen molar-refractivity contribution in [2.24, 2.45) is 0 Å². The van der Waals surface area contributed by atoms with Crippen LogP contribution in [0, 0.1) is 0 Å². The lowest BCUT2D eigenvalue weighted by Crippen LogP contribution is -2.26. The first kappa shape index (κ1) is 14.5. The van der Waals surface area contributed by atoms with Crippen molar-refractivity contribution in [2.45, 2.75) is 6.54 Å². The van der Waals surface area contributed by atoms with Crippen molar-refractivity contribution in [1.29, 1.82) is 0 Å². The molecule has 0 aliphatic rings. The van der Waals surface area contributed by atoms with Crippen molar-refractivity contribution in [1.82, 2.24) is 15.1 Å². The number of aromatic nitrogens is 2. The number of hydrogen-bond acceptors (Lipinski definition) is 3. The van der Waals surface area contributed by atoms with Gasteiger partial charge in [0.1, 0.15) is 0 Å². The molecule has 0 saturated carbocycles. The molecule has 6 nitrogen and oxygen atoms in total. The number of nitrogens with zero attached hydrogens (tertiary/aromatic N) is 2. The predicted octanol–water partition coefficient (Wildman–Crippen LogP) is 1.78. The van der Waals surface area contributed by atoms with E-state index in [1.807, 2.05) is 0 Å². The van der Waals surface area contributed by atoms with Crippen LogP contribution < -0.4 is 0 Å².